The van der Waals surface area contributed by atoms with Crippen molar-refractivity contribution in [2.75, 3.05) is 6.61 Å². The SMILES string of the molecule is Cc1ccc(CN(C(=O)COc2ccc(Cl)cc2)C(C)C(=O)NC(C)(C)C)cc1. The van der Waals surface area contributed by atoms with Crippen LogP contribution in [0.3, 0.4) is 0 Å². The highest BCUT2D eigenvalue weighted by molar-refractivity contribution is 6.30. The molecule has 0 saturated carbocycles. The maximum atomic E-state index is 13.0. The third-order valence-electron chi connectivity index (χ3n) is 4.31. The molecule has 0 fully saturated rings. The fourth-order valence-electron chi connectivity index (χ4n) is 2.71. The van der Waals surface area contributed by atoms with Crippen LogP contribution in [-0.4, -0.2) is 34.9 Å². The molecule has 0 heterocycles. The minimum absolute atomic E-state index is 0.166. The van der Waals surface area contributed by atoms with Crippen molar-refractivity contribution in [1.29, 1.82) is 0 Å². The minimum atomic E-state index is -0.642. The third-order valence-corrected chi connectivity index (χ3v) is 4.57. The van der Waals surface area contributed by atoms with Gasteiger partial charge < -0.3 is 15.0 Å². The zero-order valence-electron chi connectivity index (χ0n) is 17.7. The number of nitrogens with one attached hydrogen (secondary N) is 1. The van der Waals surface area contributed by atoms with Crippen molar-refractivity contribution in [3.8, 4) is 5.75 Å². The zero-order valence-corrected chi connectivity index (χ0v) is 18.4. The summed E-state index contributed by atoms with van der Waals surface area (Å²) < 4.78 is 5.61. The van der Waals surface area contributed by atoms with E-state index in [1.54, 1.807) is 36.1 Å². The normalized spacial score (nSPS) is 12.2. The second-order valence-corrected chi connectivity index (χ2v) is 8.60. The summed E-state index contributed by atoms with van der Waals surface area (Å²) in [6, 6.07) is 14.1. The van der Waals surface area contributed by atoms with E-state index in [0.29, 0.717) is 17.3 Å². The van der Waals surface area contributed by atoms with Crippen molar-refractivity contribution in [1.82, 2.24) is 10.2 Å². The summed E-state index contributed by atoms with van der Waals surface area (Å²) in [6.07, 6.45) is 0. The Morgan fingerprint density at radius 1 is 1.07 bits per heavy atom. The van der Waals surface area contributed by atoms with Crippen molar-refractivity contribution in [3.63, 3.8) is 0 Å². The van der Waals surface area contributed by atoms with Crippen LogP contribution in [0.5, 0.6) is 5.75 Å². The van der Waals surface area contributed by atoms with Crippen molar-refractivity contribution in [2.24, 2.45) is 0 Å². The van der Waals surface area contributed by atoms with Crippen LogP contribution in [0, 0.1) is 6.92 Å². The molecule has 0 spiro atoms. The van der Waals surface area contributed by atoms with Crippen LogP contribution in [0.4, 0.5) is 0 Å². The van der Waals surface area contributed by atoms with Gasteiger partial charge in [0.05, 0.1) is 0 Å². The number of hydrogen-bond acceptors (Lipinski definition) is 3. The van der Waals surface area contributed by atoms with E-state index >= 15 is 0 Å². The molecule has 0 aliphatic carbocycles. The average molecular weight is 417 g/mol. The molecule has 0 aliphatic heterocycles. The fourth-order valence-corrected chi connectivity index (χ4v) is 2.83. The van der Waals surface area contributed by atoms with Gasteiger partial charge in [0.2, 0.25) is 5.91 Å². The van der Waals surface area contributed by atoms with Gasteiger partial charge >= 0.3 is 0 Å². The fraction of sp³-hybridized carbons (Fsp3) is 0.391. The first-order valence-electron chi connectivity index (χ1n) is 9.60. The summed E-state index contributed by atoms with van der Waals surface area (Å²) in [6.45, 7) is 9.62. The topological polar surface area (TPSA) is 58.6 Å². The molecule has 1 N–H and O–H groups in total. The first-order valence-corrected chi connectivity index (χ1v) is 9.98. The van der Waals surface area contributed by atoms with Crippen molar-refractivity contribution >= 4 is 23.4 Å². The van der Waals surface area contributed by atoms with Crippen molar-refractivity contribution in [2.45, 2.75) is 52.7 Å². The molecule has 6 heteroatoms. The Morgan fingerprint density at radius 2 is 1.66 bits per heavy atom. The molecule has 156 valence electrons. The maximum absolute atomic E-state index is 13.0. The van der Waals surface area contributed by atoms with Gasteiger partial charge in [-0.3, -0.25) is 9.59 Å². The number of carbonyl (C=O) groups is 2. The number of nitrogens with zero attached hydrogens (tertiary/aromatic N) is 1. The lowest BCUT2D eigenvalue weighted by atomic mass is 10.1. The first-order chi connectivity index (χ1) is 13.5. The summed E-state index contributed by atoms with van der Waals surface area (Å²) in [5, 5.41) is 3.54. The quantitative estimate of drug-likeness (QED) is 0.729. The molecule has 0 saturated heterocycles. The molecular formula is C23H29ClN2O3. The highest BCUT2D eigenvalue weighted by Gasteiger charge is 2.28. The Hall–Kier alpha value is -2.53. The van der Waals surface area contributed by atoms with E-state index in [1.807, 2.05) is 52.0 Å². The lowest BCUT2D eigenvalue weighted by molar-refractivity contribution is -0.142. The second kappa shape index (κ2) is 9.79. The van der Waals surface area contributed by atoms with Crippen molar-refractivity contribution in [3.05, 3.63) is 64.7 Å². The summed E-state index contributed by atoms with van der Waals surface area (Å²) in [7, 11) is 0. The lowest BCUT2D eigenvalue weighted by Gasteiger charge is -2.31. The van der Waals surface area contributed by atoms with Crippen LogP contribution in [-0.2, 0) is 16.1 Å². The number of carbonyl (C=O) groups excluding carboxylic acids is 2. The lowest BCUT2D eigenvalue weighted by Crippen LogP contribution is -2.53. The van der Waals surface area contributed by atoms with Crippen LogP contribution in [0.2, 0.25) is 5.02 Å². The Balaban J connectivity index is 2.15. The van der Waals surface area contributed by atoms with Gasteiger partial charge in [-0.1, -0.05) is 41.4 Å². The third kappa shape index (κ3) is 7.42. The molecule has 2 rings (SSSR count). The standard InChI is InChI=1S/C23H29ClN2O3/c1-16-6-8-18(9-7-16)14-26(17(2)22(28)25-23(3,4)5)21(27)15-29-20-12-10-19(24)11-13-20/h6-13,17H,14-15H2,1-5H3,(H,25,28). The largest absolute Gasteiger partial charge is 0.484 e. The minimum Gasteiger partial charge on any atom is -0.484 e. The maximum Gasteiger partial charge on any atom is 0.261 e. The Kier molecular flexibility index (Phi) is 7.68. The molecule has 0 radical (unpaired) electrons. The summed E-state index contributed by atoms with van der Waals surface area (Å²) in [5.74, 6) is 0.0753. The van der Waals surface area contributed by atoms with E-state index in [1.165, 1.54) is 0 Å². The van der Waals surface area contributed by atoms with Crippen LogP contribution in [0.25, 0.3) is 0 Å². The number of ether oxygens (including phenoxy) is 1. The molecule has 2 amide bonds. The van der Waals surface area contributed by atoms with Gasteiger partial charge in [-0.15, -0.1) is 0 Å². The Bertz CT molecular complexity index is 827. The van der Waals surface area contributed by atoms with Crippen LogP contribution < -0.4 is 10.1 Å². The number of hydrogen-bond donors (Lipinski definition) is 1. The molecule has 1 atom stereocenters. The van der Waals surface area contributed by atoms with Gasteiger partial charge in [0.15, 0.2) is 6.61 Å². The highest BCUT2D eigenvalue weighted by atomic mass is 35.5. The molecule has 29 heavy (non-hydrogen) atoms. The predicted molar refractivity (Wildman–Crippen MR) is 116 cm³/mol. The molecule has 0 aliphatic rings. The molecule has 0 aromatic heterocycles. The van der Waals surface area contributed by atoms with Gasteiger partial charge in [-0.2, -0.15) is 0 Å². The Morgan fingerprint density at radius 3 is 2.21 bits per heavy atom. The smallest absolute Gasteiger partial charge is 0.261 e. The summed E-state index contributed by atoms with van der Waals surface area (Å²) in [4.78, 5) is 27.2. The number of halogens is 1. The number of amides is 2. The van der Waals surface area contributed by atoms with Gasteiger partial charge in [0.25, 0.3) is 5.91 Å². The second-order valence-electron chi connectivity index (χ2n) is 8.17. The highest BCUT2D eigenvalue weighted by Crippen LogP contribution is 2.17. The van der Waals surface area contributed by atoms with E-state index in [-0.39, 0.29) is 24.0 Å². The van der Waals surface area contributed by atoms with Crippen LogP contribution in [0.15, 0.2) is 48.5 Å². The molecule has 5 nitrogen and oxygen atoms in total. The Labute approximate surface area is 178 Å². The molecule has 0 bridgehead atoms. The van der Waals surface area contributed by atoms with E-state index in [0.717, 1.165) is 11.1 Å². The summed E-state index contributed by atoms with van der Waals surface area (Å²) >= 11 is 5.88. The average Bonchev–Trinajstić information content (AvgIpc) is 2.65. The molecule has 2 aromatic carbocycles. The van der Waals surface area contributed by atoms with Crippen LogP contribution in [0.1, 0.15) is 38.8 Å². The first kappa shape index (κ1) is 22.8. The molecule has 1 unspecified atom stereocenters. The van der Waals surface area contributed by atoms with E-state index in [9.17, 15) is 9.59 Å². The van der Waals surface area contributed by atoms with Crippen LogP contribution >= 0.6 is 11.6 Å². The van der Waals surface area contributed by atoms with Gasteiger partial charge in [0, 0.05) is 17.1 Å². The van der Waals surface area contributed by atoms with E-state index in [4.69, 9.17) is 16.3 Å². The molecule has 2 aromatic rings. The number of rotatable bonds is 7. The van der Waals surface area contributed by atoms with E-state index in [2.05, 4.69) is 5.32 Å². The number of aryl methyl sites for hydroxylation is 1. The summed E-state index contributed by atoms with van der Waals surface area (Å²) in [5.41, 5.74) is 1.70. The number of benzene rings is 2. The van der Waals surface area contributed by atoms with Crippen molar-refractivity contribution < 1.29 is 14.3 Å². The molecular weight excluding hydrogens is 388 g/mol. The predicted octanol–water partition coefficient (Wildman–Crippen LogP) is 4.36. The van der Waals surface area contributed by atoms with Gasteiger partial charge in [0.1, 0.15) is 11.8 Å². The van der Waals surface area contributed by atoms with Gasteiger partial charge in [-0.25, -0.2) is 0 Å². The monoisotopic (exact) mass is 416 g/mol. The van der Waals surface area contributed by atoms with Gasteiger partial charge in [-0.05, 0) is 64.4 Å². The van der Waals surface area contributed by atoms with E-state index < -0.39 is 6.04 Å². The zero-order chi connectivity index (χ0) is 21.6.